The Morgan fingerprint density at radius 2 is 2.44 bits per heavy atom. The van der Waals surface area contributed by atoms with Crippen LogP contribution in [0, 0.1) is 0 Å². The quantitative estimate of drug-likeness (QED) is 0.790. The Balaban J connectivity index is 1.80. The lowest BCUT2D eigenvalue weighted by Crippen LogP contribution is -2.34. The molecule has 3 unspecified atom stereocenters. The van der Waals surface area contributed by atoms with Crippen LogP contribution in [0.3, 0.4) is 0 Å². The number of ether oxygens (including phenoxy) is 1. The number of nitrogens with zero attached hydrogens (tertiary/aromatic N) is 2. The van der Waals surface area contributed by atoms with Crippen LogP contribution >= 0.6 is 0 Å². The molecule has 0 saturated carbocycles. The Kier molecular flexibility index (Phi) is 2.21. The molecule has 3 heterocycles. The molecule has 1 N–H and O–H groups in total. The second-order valence-corrected chi connectivity index (χ2v) is 4.55. The van der Waals surface area contributed by atoms with Crippen LogP contribution in [0.5, 0.6) is 0 Å². The fourth-order valence-electron chi connectivity index (χ4n) is 2.56. The van der Waals surface area contributed by atoms with E-state index in [4.69, 9.17) is 4.74 Å². The number of hydrogen-bond acceptors (Lipinski definition) is 4. The summed E-state index contributed by atoms with van der Waals surface area (Å²) in [7, 11) is 1.73. The van der Waals surface area contributed by atoms with Gasteiger partial charge in [0, 0.05) is 19.4 Å². The molecular formula is C11H15N3O2. The molecule has 0 aromatic carbocycles. The molecule has 1 aromatic heterocycles. The van der Waals surface area contributed by atoms with E-state index in [0.29, 0.717) is 11.9 Å². The smallest absolute Gasteiger partial charge is 0.293 e. The Morgan fingerprint density at radius 1 is 1.56 bits per heavy atom. The van der Waals surface area contributed by atoms with E-state index >= 15 is 0 Å². The summed E-state index contributed by atoms with van der Waals surface area (Å²) in [6.07, 6.45) is 7.18. The zero-order chi connectivity index (χ0) is 11.1. The summed E-state index contributed by atoms with van der Waals surface area (Å²) in [5.41, 5.74) is -0.0785. The molecule has 16 heavy (non-hydrogen) atoms. The predicted octanol–water partition coefficient (Wildman–Crippen LogP) is 0.512. The van der Waals surface area contributed by atoms with Crippen LogP contribution in [0.1, 0.15) is 19.3 Å². The number of aryl methyl sites for hydroxylation is 1. The standard InChI is InChI=1S/C11H15N3O2/c1-14-5-4-12-10(11(14)15)13-8-6-7-2-3-9(8)16-7/h4-5,7-9H,2-3,6H2,1H3,(H,12,13). The molecule has 3 rings (SSSR count). The average Bonchev–Trinajstić information content (AvgIpc) is 2.86. The molecule has 0 aliphatic carbocycles. The van der Waals surface area contributed by atoms with Crippen molar-refractivity contribution in [2.24, 2.45) is 7.05 Å². The van der Waals surface area contributed by atoms with Crippen LogP contribution in [-0.2, 0) is 11.8 Å². The molecule has 2 aliphatic heterocycles. The van der Waals surface area contributed by atoms with Crippen LogP contribution in [0.4, 0.5) is 5.82 Å². The summed E-state index contributed by atoms with van der Waals surface area (Å²) in [6.45, 7) is 0. The van der Waals surface area contributed by atoms with Gasteiger partial charge in [-0.2, -0.15) is 0 Å². The molecule has 1 aromatic rings. The van der Waals surface area contributed by atoms with Crippen LogP contribution < -0.4 is 10.9 Å². The van der Waals surface area contributed by atoms with Gasteiger partial charge in [-0.3, -0.25) is 4.79 Å². The largest absolute Gasteiger partial charge is 0.373 e. The van der Waals surface area contributed by atoms with Gasteiger partial charge >= 0.3 is 0 Å². The Hall–Kier alpha value is -1.36. The van der Waals surface area contributed by atoms with Crippen LogP contribution in [-0.4, -0.2) is 27.8 Å². The number of fused-ring (bicyclic) bond motifs is 2. The summed E-state index contributed by atoms with van der Waals surface area (Å²) in [5.74, 6) is 0.436. The van der Waals surface area contributed by atoms with Crippen molar-refractivity contribution in [3.8, 4) is 0 Å². The highest BCUT2D eigenvalue weighted by Gasteiger charge is 2.41. The first-order valence-corrected chi connectivity index (χ1v) is 5.67. The number of rotatable bonds is 2. The third-order valence-corrected chi connectivity index (χ3v) is 3.44. The predicted molar refractivity (Wildman–Crippen MR) is 59.4 cm³/mol. The number of anilines is 1. The first kappa shape index (κ1) is 9.84. The van der Waals surface area contributed by atoms with E-state index in [0.717, 1.165) is 19.3 Å². The summed E-state index contributed by atoms with van der Waals surface area (Å²) in [6, 6.07) is 0.251. The van der Waals surface area contributed by atoms with Crippen molar-refractivity contribution in [3.63, 3.8) is 0 Å². The molecule has 5 nitrogen and oxygen atoms in total. The van der Waals surface area contributed by atoms with E-state index < -0.39 is 0 Å². The highest BCUT2D eigenvalue weighted by molar-refractivity contribution is 5.33. The molecular weight excluding hydrogens is 206 g/mol. The van der Waals surface area contributed by atoms with Crippen molar-refractivity contribution in [2.45, 2.75) is 37.5 Å². The minimum absolute atomic E-state index is 0.0785. The molecule has 2 bridgehead atoms. The number of nitrogens with one attached hydrogen (secondary N) is 1. The summed E-state index contributed by atoms with van der Waals surface area (Å²) >= 11 is 0. The Morgan fingerprint density at radius 3 is 3.12 bits per heavy atom. The molecule has 2 aliphatic rings. The second-order valence-electron chi connectivity index (χ2n) is 4.55. The van der Waals surface area contributed by atoms with E-state index in [1.54, 1.807) is 19.4 Å². The minimum Gasteiger partial charge on any atom is -0.373 e. The first-order chi connectivity index (χ1) is 7.74. The molecule has 0 spiro atoms. The van der Waals surface area contributed by atoms with Gasteiger partial charge in [0.25, 0.3) is 5.56 Å². The van der Waals surface area contributed by atoms with Gasteiger partial charge in [0.1, 0.15) is 0 Å². The van der Waals surface area contributed by atoms with E-state index in [2.05, 4.69) is 10.3 Å². The van der Waals surface area contributed by atoms with Crippen molar-refractivity contribution in [2.75, 3.05) is 5.32 Å². The topological polar surface area (TPSA) is 56.1 Å². The highest BCUT2D eigenvalue weighted by atomic mass is 16.5. The second kappa shape index (κ2) is 3.59. The van der Waals surface area contributed by atoms with Gasteiger partial charge in [-0.15, -0.1) is 0 Å². The van der Waals surface area contributed by atoms with Crippen molar-refractivity contribution in [3.05, 3.63) is 22.7 Å². The van der Waals surface area contributed by atoms with Crippen molar-refractivity contribution in [1.29, 1.82) is 0 Å². The highest BCUT2D eigenvalue weighted by Crippen LogP contribution is 2.35. The third-order valence-electron chi connectivity index (χ3n) is 3.44. The normalized spacial score (nSPS) is 31.9. The molecule has 0 amide bonds. The maximum atomic E-state index is 11.8. The summed E-state index contributed by atoms with van der Waals surface area (Å²) in [5, 5.41) is 3.21. The van der Waals surface area contributed by atoms with Crippen molar-refractivity contribution >= 4 is 5.82 Å². The maximum absolute atomic E-state index is 11.8. The number of aromatic nitrogens is 2. The maximum Gasteiger partial charge on any atom is 0.293 e. The molecule has 5 heteroatoms. The van der Waals surface area contributed by atoms with E-state index in [-0.39, 0.29) is 17.7 Å². The SMILES string of the molecule is Cn1ccnc(NC2CC3CCC2O3)c1=O. The Bertz CT molecular complexity index is 457. The third kappa shape index (κ3) is 1.51. The van der Waals surface area contributed by atoms with Crippen molar-refractivity contribution < 1.29 is 4.74 Å². The lowest BCUT2D eigenvalue weighted by molar-refractivity contribution is 0.102. The monoisotopic (exact) mass is 221 g/mol. The van der Waals surface area contributed by atoms with Gasteiger partial charge in [-0.05, 0) is 19.3 Å². The van der Waals surface area contributed by atoms with Gasteiger partial charge in [-0.25, -0.2) is 4.98 Å². The van der Waals surface area contributed by atoms with Crippen LogP contribution in [0.2, 0.25) is 0 Å². The molecule has 2 saturated heterocycles. The van der Waals surface area contributed by atoms with Gasteiger partial charge in [0.05, 0.1) is 18.2 Å². The zero-order valence-corrected chi connectivity index (χ0v) is 9.22. The summed E-state index contributed by atoms with van der Waals surface area (Å²) < 4.78 is 7.26. The van der Waals surface area contributed by atoms with E-state index in [1.807, 2.05) is 0 Å². The van der Waals surface area contributed by atoms with Gasteiger partial charge in [-0.1, -0.05) is 0 Å². The van der Waals surface area contributed by atoms with Crippen molar-refractivity contribution in [1.82, 2.24) is 9.55 Å². The zero-order valence-electron chi connectivity index (χ0n) is 9.22. The molecule has 86 valence electrons. The molecule has 3 atom stereocenters. The van der Waals surface area contributed by atoms with E-state index in [9.17, 15) is 4.79 Å². The van der Waals surface area contributed by atoms with Gasteiger partial charge in [0.15, 0.2) is 5.82 Å². The lowest BCUT2D eigenvalue weighted by Gasteiger charge is -2.20. The fourth-order valence-corrected chi connectivity index (χ4v) is 2.56. The lowest BCUT2D eigenvalue weighted by atomic mass is 9.95. The van der Waals surface area contributed by atoms with Crippen LogP contribution in [0.15, 0.2) is 17.2 Å². The van der Waals surface area contributed by atoms with E-state index in [1.165, 1.54) is 4.57 Å². The fraction of sp³-hybridized carbons (Fsp3) is 0.636. The molecule has 2 fully saturated rings. The van der Waals surface area contributed by atoms with Gasteiger partial charge < -0.3 is 14.6 Å². The average molecular weight is 221 g/mol. The van der Waals surface area contributed by atoms with Gasteiger partial charge in [0.2, 0.25) is 0 Å². The first-order valence-electron chi connectivity index (χ1n) is 5.67. The van der Waals surface area contributed by atoms with Crippen LogP contribution in [0.25, 0.3) is 0 Å². The molecule has 0 radical (unpaired) electrons. The minimum atomic E-state index is -0.0785. The Labute approximate surface area is 93.4 Å². The number of hydrogen-bond donors (Lipinski definition) is 1. The summed E-state index contributed by atoms with van der Waals surface area (Å²) in [4.78, 5) is 15.8.